The Morgan fingerprint density at radius 3 is 2.63 bits per heavy atom. The molecule has 1 unspecified atom stereocenters. The van der Waals surface area contributed by atoms with E-state index in [1.165, 1.54) is 16.9 Å². The summed E-state index contributed by atoms with van der Waals surface area (Å²) >= 11 is 1.26. The smallest absolute Gasteiger partial charge is 0.317 e. The standard InChI is InChI=1S/C19H24N4O3S/c20-17(25)15-8-16(27-18(15)22-19(21)26)14-5-3-12(4-6-14)9-23-7-1-2-13(10-23)11-24/h3-6,8,13,24H,1-2,7,9-11H2,(H2,20,25)(H3,21,22,26). The number of benzene rings is 1. The van der Waals surface area contributed by atoms with Crippen molar-refractivity contribution in [3.63, 3.8) is 0 Å². The minimum Gasteiger partial charge on any atom is -0.396 e. The topological polar surface area (TPSA) is 122 Å². The van der Waals surface area contributed by atoms with Crippen LogP contribution in [-0.2, 0) is 6.54 Å². The number of nitrogens with zero attached hydrogens (tertiary/aromatic N) is 1. The van der Waals surface area contributed by atoms with Crippen molar-refractivity contribution in [1.82, 2.24) is 4.90 Å². The number of thiophene rings is 1. The van der Waals surface area contributed by atoms with Gasteiger partial charge in [-0.15, -0.1) is 11.3 Å². The van der Waals surface area contributed by atoms with Crippen molar-refractivity contribution in [1.29, 1.82) is 0 Å². The molecule has 0 aliphatic carbocycles. The van der Waals surface area contributed by atoms with Gasteiger partial charge < -0.3 is 16.6 Å². The van der Waals surface area contributed by atoms with Gasteiger partial charge in [0, 0.05) is 24.6 Å². The maximum Gasteiger partial charge on any atom is 0.317 e. The molecule has 2 heterocycles. The van der Waals surface area contributed by atoms with Gasteiger partial charge in [0.15, 0.2) is 0 Å². The highest BCUT2D eigenvalue weighted by Gasteiger charge is 2.19. The molecule has 1 aromatic carbocycles. The van der Waals surface area contributed by atoms with Crippen LogP contribution in [0.25, 0.3) is 10.4 Å². The zero-order chi connectivity index (χ0) is 19.4. The van der Waals surface area contributed by atoms with Gasteiger partial charge in [-0.2, -0.15) is 0 Å². The summed E-state index contributed by atoms with van der Waals surface area (Å²) in [5, 5.41) is 12.2. The molecule has 7 nitrogen and oxygen atoms in total. The van der Waals surface area contributed by atoms with Crippen LogP contribution >= 0.6 is 11.3 Å². The van der Waals surface area contributed by atoms with E-state index in [9.17, 15) is 14.7 Å². The highest BCUT2D eigenvalue weighted by molar-refractivity contribution is 7.20. The third-order valence-electron chi connectivity index (χ3n) is 4.74. The number of nitrogens with two attached hydrogens (primary N) is 2. The van der Waals surface area contributed by atoms with Crippen molar-refractivity contribution in [2.75, 3.05) is 25.0 Å². The summed E-state index contributed by atoms with van der Waals surface area (Å²) in [6.45, 7) is 3.07. The second-order valence-electron chi connectivity index (χ2n) is 6.83. The third kappa shape index (κ3) is 4.85. The third-order valence-corrected chi connectivity index (χ3v) is 5.84. The Morgan fingerprint density at radius 2 is 2.00 bits per heavy atom. The minimum absolute atomic E-state index is 0.248. The van der Waals surface area contributed by atoms with Crippen LogP contribution in [0.15, 0.2) is 30.3 Å². The quantitative estimate of drug-likeness (QED) is 0.606. The van der Waals surface area contributed by atoms with Crippen LogP contribution in [0.1, 0.15) is 28.8 Å². The Labute approximate surface area is 162 Å². The molecule has 144 valence electrons. The summed E-state index contributed by atoms with van der Waals surface area (Å²) in [7, 11) is 0. The maximum atomic E-state index is 11.6. The average molecular weight is 388 g/mol. The number of primary amides is 2. The van der Waals surface area contributed by atoms with E-state index in [1.807, 2.05) is 12.1 Å². The molecular formula is C19H24N4O3S. The maximum absolute atomic E-state index is 11.6. The van der Waals surface area contributed by atoms with Gasteiger partial charge in [-0.25, -0.2) is 4.79 Å². The van der Waals surface area contributed by atoms with E-state index >= 15 is 0 Å². The molecule has 8 heteroatoms. The lowest BCUT2D eigenvalue weighted by Gasteiger charge is -2.31. The molecule has 1 aliphatic rings. The predicted molar refractivity (Wildman–Crippen MR) is 107 cm³/mol. The largest absolute Gasteiger partial charge is 0.396 e. The molecule has 3 rings (SSSR count). The van der Waals surface area contributed by atoms with Gasteiger partial charge in [0.25, 0.3) is 5.91 Å². The van der Waals surface area contributed by atoms with Crippen LogP contribution in [-0.4, -0.2) is 41.6 Å². The number of aliphatic hydroxyl groups excluding tert-OH is 1. The molecule has 0 spiro atoms. The number of carbonyl (C=O) groups excluding carboxylic acids is 2. The molecule has 0 bridgehead atoms. The molecule has 6 N–H and O–H groups in total. The Kier molecular flexibility index (Phi) is 6.10. The van der Waals surface area contributed by atoms with E-state index in [0.29, 0.717) is 10.9 Å². The molecule has 27 heavy (non-hydrogen) atoms. The van der Waals surface area contributed by atoms with E-state index in [1.54, 1.807) is 6.07 Å². The van der Waals surface area contributed by atoms with Crippen LogP contribution in [0.3, 0.4) is 0 Å². The van der Waals surface area contributed by atoms with Gasteiger partial charge in [-0.05, 0) is 42.5 Å². The van der Waals surface area contributed by atoms with Crippen LogP contribution < -0.4 is 16.8 Å². The summed E-state index contributed by atoms with van der Waals surface area (Å²) in [4.78, 5) is 25.9. The summed E-state index contributed by atoms with van der Waals surface area (Å²) in [6, 6.07) is 9.04. The first kappa shape index (κ1) is 19.3. The van der Waals surface area contributed by atoms with Gasteiger partial charge in [0.1, 0.15) is 5.00 Å². The molecule has 1 aliphatic heterocycles. The number of carbonyl (C=O) groups is 2. The number of amides is 3. The molecule has 1 atom stereocenters. The van der Waals surface area contributed by atoms with Crippen molar-refractivity contribution in [2.45, 2.75) is 19.4 Å². The summed E-state index contributed by atoms with van der Waals surface area (Å²) in [6.07, 6.45) is 2.21. The fourth-order valence-electron chi connectivity index (χ4n) is 3.40. The molecule has 2 aromatic rings. The summed E-state index contributed by atoms with van der Waals surface area (Å²) < 4.78 is 0. The fraction of sp³-hybridized carbons (Fsp3) is 0.368. The van der Waals surface area contributed by atoms with Gasteiger partial charge in [-0.1, -0.05) is 24.3 Å². The second-order valence-corrected chi connectivity index (χ2v) is 7.88. The van der Waals surface area contributed by atoms with Crippen LogP contribution in [0.5, 0.6) is 0 Å². The number of anilines is 1. The zero-order valence-corrected chi connectivity index (χ0v) is 15.8. The average Bonchev–Trinajstić information content (AvgIpc) is 3.06. The van der Waals surface area contributed by atoms with E-state index < -0.39 is 11.9 Å². The van der Waals surface area contributed by atoms with E-state index in [0.717, 1.165) is 42.9 Å². The number of urea groups is 1. The van der Waals surface area contributed by atoms with Gasteiger partial charge in [0.05, 0.1) is 5.56 Å². The lowest BCUT2D eigenvalue weighted by molar-refractivity contribution is 0.100. The van der Waals surface area contributed by atoms with Gasteiger partial charge in [0.2, 0.25) is 0 Å². The molecular weight excluding hydrogens is 364 g/mol. The fourth-order valence-corrected chi connectivity index (χ4v) is 4.47. The first-order chi connectivity index (χ1) is 13.0. The summed E-state index contributed by atoms with van der Waals surface area (Å²) in [5.74, 6) is -0.242. The van der Waals surface area contributed by atoms with Gasteiger partial charge >= 0.3 is 6.03 Å². The number of rotatable bonds is 6. The molecule has 3 amide bonds. The van der Waals surface area contributed by atoms with E-state index in [4.69, 9.17) is 11.5 Å². The molecule has 0 saturated carbocycles. The number of aliphatic hydroxyl groups is 1. The number of piperidine rings is 1. The molecule has 1 saturated heterocycles. The SMILES string of the molecule is NC(=O)Nc1sc(-c2ccc(CN3CCCC(CO)C3)cc2)cc1C(N)=O. The van der Waals surface area contributed by atoms with E-state index in [-0.39, 0.29) is 12.2 Å². The van der Waals surface area contributed by atoms with E-state index in [2.05, 4.69) is 22.3 Å². The lowest BCUT2D eigenvalue weighted by atomic mass is 9.98. The zero-order valence-electron chi connectivity index (χ0n) is 15.0. The van der Waals surface area contributed by atoms with Crippen molar-refractivity contribution >= 4 is 28.3 Å². The second kappa shape index (κ2) is 8.51. The highest BCUT2D eigenvalue weighted by atomic mass is 32.1. The van der Waals surface area contributed by atoms with Crippen molar-refractivity contribution < 1.29 is 14.7 Å². The number of hydrogen-bond acceptors (Lipinski definition) is 5. The predicted octanol–water partition coefficient (Wildman–Crippen LogP) is 2.21. The Morgan fingerprint density at radius 1 is 1.26 bits per heavy atom. The Bertz CT molecular complexity index is 819. The van der Waals surface area contributed by atoms with Gasteiger partial charge in [-0.3, -0.25) is 15.0 Å². The number of hydrogen-bond donors (Lipinski definition) is 4. The molecule has 0 radical (unpaired) electrons. The van der Waals surface area contributed by atoms with Crippen LogP contribution in [0.4, 0.5) is 9.80 Å². The first-order valence-electron chi connectivity index (χ1n) is 8.89. The van der Waals surface area contributed by atoms with Crippen molar-refractivity contribution in [3.8, 4) is 10.4 Å². The normalized spacial score (nSPS) is 17.6. The molecule has 1 aromatic heterocycles. The highest BCUT2D eigenvalue weighted by Crippen LogP contribution is 2.35. The monoisotopic (exact) mass is 388 g/mol. The van der Waals surface area contributed by atoms with Crippen molar-refractivity contribution in [3.05, 3.63) is 41.5 Å². The molecule has 1 fully saturated rings. The first-order valence-corrected chi connectivity index (χ1v) is 9.70. The Hall–Kier alpha value is -2.42. The summed E-state index contributed by atoms with van der Waals surface area (Å²) in [5.41, 5.74) is 12.9. The number of likely N-dealkylation sites (tertiary alicyclic amines) is 1. The van der Waals surface area contributed by atoms with Crippen LogP contribution in [0, 0.1) is 5.92 Å². The lowest BCUT2D eigenvalue weighted by Crippen LogP contribution is -2.36. The van der Waals surface area contributed by atoms with Crippen LogP contribution in [0.2, 0.25) is 0 Å². The minimum atomic E-state index is -0.732. The Balaban J connectivity index is 1.73. The van der Waals surface area contributed by atoms with Crippen molar-refractivity contribution in [2.24, 2.45) is 17.4 Å². The number of nitrogens with one attached hydrogen (secondary N) is 1.